The number of likely N-dealkylation sites (tertiary alicyclic amines) is 1. The quantitative estimate of drug-likeness (QED) is 0.586. The Morgan fingerprint density at radius 1 is 1.32 bits per heavy atom. The van der Waals surface area contributed by atoms with Gasteiger partial charge in [-0.1, -0.05) is 0 Å². The SMILES string of the molecule is CC(C)(C)Nc1cc(NCCN2CCCC2=O)c2sc(-c3ccn[nH]3)cc2n1. The number of nitrogens with one attached hydrogen (secondary N) is 3. The second kappa shape index (κ2) is 7.43. The van der Waals surface area contributed by atoms with Crippen molar-refractivity contribution in [3.05, 3.63) is 24.4 Å². The zero-order valence-electron chi connectivity index (χ0n) is 16.5. The summed E-state index contributed by atoms with van der Waals surface area (Å²) in [6.07, 6.45) is 3.40. The van der Waals surface area contributed by atoms with Gasteiger partial charge < -0.3 is 15.5 Å². The van der Waals surface area contributed by atoms with Crippen LogP contribution in [0.4, 0.5) is 11.5 Å². The van der Waals surface area contributed by atoms with Gasteiger partial charge in [-0.25, -0.2) is 4.98 Å². The first kappa shape index (κ1) is 18.7. The largest absolute Gasteiger partial charge is 0.382 e. The molecule has 0 atom stereocenters. The van der Waals surface area contributed by atoms with E-state index in [1.807, 2.05) is 11.0 Å². The number of aromatic amines is 1. The lowest BCUT2D eigenvalue weighted by Gasteiger charge is -2.22. The first-order valence-corrected chi connectivity index (χ1v) is 10.4. The van der Waals surface area contributed by atoms with Gasteiger partial charge in [0, 0.05) is 43.9 Å². The molecule has 1 aliphatic heterocycles. The van der Waals surface area contributed by atoms with Crippen molar-refractivity contribution in [3.8, 4) is 10.6 Å². The lowest BCUT2D eigenvalue weighted by Crippen LogP contribution is -2.30. The van der Waals surface area contributed by atoms with Crippen LogP contribution < -0.4 is 10.6 Å². The summed E-state index contributed by atoms with van der Waals surface area (Å²) in [5.41, 5.74) is 2.90. The molecular formula is C20H26N6OS. The zero-order chi connectivity index (χ0) is 19.7. The molecule has 1 amide bonds. The van der Waals surface area contributed by atoms with Crippen LogP contribution in [0.15, 0.2) is 24.4 Å². The van der Waals surface area contributed by atoms with Gasteiger partial charge in [0.2, 0.25) is 5.91 Å². The van der Waals surface area contributed by atoms with Crippen molar-refractivity contribution in [3.63, 3.8) is 0 Å². The molecule has 0 unspecified atom stereocenters. The third-order valence-electron chi connectivity index (χ3n) is 4.62. The van der Waals surface area contributed by atoms with E-state index in [-0.39, 0.29) is 11.4 Å². The number of hydrogen-bond acceptors (Lipinski definition) is 6. The molecule has 3 aromatic heterocycles. The third-order valence-corrected chi connectivity index (χ3v) is 5.81. The van der Waals surface area contributed by atoms with Gasteiger partial charge in [-0.2, -0.15) is 5.10 Å². The van der Waals surface area contributed by atoms with Crippen LogP contribution in [0.5, 0.6) is 0 Å². The topological polar surface area (TPSA) is 85.9 Å². The van der Waals surface area contributed by atoms with Crippen LogP contribution in [0, 0.1) is 0 Å². The minimum absolute atomic E-state index is 0.0812. The second-order valence-corrected chi connectivity index (χ2v) is 9.19. The fourth-order valence-electron chi connectivity index (χ4n) is 3.39. The van der Waals surface area contributed by atoms with Gasteiger partial charge >= 0.3 is 0 Å². The highest BCUT2D eigenvalue weighted by Gasteiger charge is 2.20. The Morgan fingerprint density at radius 2 is 2.18 bits per heavy atom. The Bertz CT molecular complexity index is 973. The molecule has 28 heavy (non-hydrogen) atoms. The predicted molar refractivity (Wildman–Crippen MR) is 115 cm³/mol. The van der Waals surface area contributed by atoms with Gasteiger partial charge in [0.15, 0.2) is 0 Å². The van der Waals surface area contributed by atoms with Crippen molar-refractivity contribution >= 4 is 39.0 Å². The molecule has 1 fully saturated rings. The van der Waals surface area contributed by atoms with E-state index < -0.39 is 0 Å². The molecule has 3 aromatic rings. The lowest BCUT2D eigenvalue weighted by molar-refractivity contribution is -0.127. The molecule has 0 saturated carbocycles. The average molecular weight is 399 g/mol. The standard InChI is InChI=1S/C20H26N6OS/c1-20(2,3)24-17-12-14(21-8-10-26-9-4-5-18(26)27)19-15(23-17)11-16(28-19)13-6-7-22-25-13/h6-7,11-12H,4-5,8-10H2,1-3H3,(H,22,25)(H2,21,23,24). The summed E-state index contributed by atoms with van der Waals surface area (Å²) in [6.45, 7) is 8.67. The van der Waals surface area contributed by atoms with E-state index in [1.54, 1.807) is 17.5 Å². The van der Waals surface area contributed by atoms with Gasteiger partial charge in [0.25, 0.3) is 0 Å². The van der Waals surface area contributed by atoms with Crippen molar-refractivity contribution < 1.29 is 4.79 Å². The van der Waals surface area contributed by atoms with Crippen LogP contribution in [-0.2, 0) is 4.79 Å². The number of anilines is 2. The number of aromatic nitrogens is 3. The summed E-state index contributed by atoms with van der Waals surface area (Å²) in [4.78, 5) is 19.7. The highest BCUT2D eigenvalue weighted by molar-refractivity contribution is 7.22. The summed E-state index contributed by atoms with van der Waals surface area (Å²) in [5.74, 6) is 1.10. The molecule has 4 heterocycles. The number of pyridine rings is 1. The van der Waals surface area contributed by atoms with E-state index in [4.69, 9.17) is 4.98 Å². The number of carbonyl (C=O) groups is 1. The summed E-state index contributed by atoms with van der Waals surface area (Å²) >= 11 is 1.69. The van der Waals surface area contributed by atoms with Crippen molar-refractivity contribution in [2.75, 3.05) is 30.3 Å². The highest BCUT2D eigenvalue weighted by atomic mass is 32.1. The maximum Gasteiger partial charge on any atom is 0.222 e. The first-order chi connectivity index (χ1) is 13.4. The van der Waals surface area contributed by atoms with Crippen LogP contribution in [0.2, 0.25) is 0 Å². The number of fused-ring (bicyclic) bond motifs is 1. The zero-order valence-corrected chi connectivity index (χ0v) is 17.3. The van der Waals surface area contributed by atoms with Crippen LogP contribution in [-0.4, -0.2) is 51.2 Å². The average Bonchev–Trinajstić information content (AvgIpc) is 3.33. The smallest absolute Gasteiger partial charge is 0.222 e. The summed E-state index contributed by atoms with van der Waals surface area (Å²) in [5, 5.41) is 14.1. The van der Waals surface area contributed by atoms with Gasteiger partial charge in [0.1, 0.15) is 5.82 Å². The lowest BCUT2D eigenvalue weighted by atomic mass is 10.1. The molecule has 0 radical (unpaired) electrons. The number of thiophene rings is 1. The van der Waals surface area contributed by atoms with E-state index in [2.05, 4.69) is 53.7 Å². The van der Waals surface area contributed by atoms with E-state index >= 15 is 0 Å². The number of rotatable bonds is 6. The fourth-order valence-corrected chi connectivity index (χ4v) is 4.46. The van der Waals surface area contributed by atoms with Crippen LogP contribution in [0.1, 0.15) is 33.6 Å². The molecule has 0 bridgehead atoms. The van der Waals surface area contributed by atoms with Gasteiger partial charge in [-0.15, -0.1) is 11.3 Å². The maximum absolute atomic E-state index is 11.8. The Balaban J connectivity index is 1.62. The second-order valence-electron chi connectivity index (χ2n) is 8.14. The Morgan fingerprint density at radius 3 is 2.86 bits per heavy atom. The Labute approximate surface area is 168 Å². The number of nitrogens with zero attached hydrogens (tertiary/aromatic N) is 3. The molecule has 148 valence electrons. The summed E-state index contributed by atoms with van der Waals surface area (Å²) < 4.78 is 1.11. The van der Waals surface area contributed by atoms with Crippen molar-refractivity contribution in [1.29, 1.82) is 0 Å². The molecule has 7 nitrogen and oxygen atoms in total. The van der Waals surface area contributed by atoms with E-state index in [0.29, 0.717) is 6.42 Å². The van der Waals surface area contributed by atoms with Crippen molar-refractivity contribution in [2.24, 2.45) is 0 Å². The van der Waals surface area contributed by atoms with Gasteiger partial charge in [-0.05, 0) is 39.3 Å². The van der Waals surface area contributed by atoms with E-state index in [1.165, 1.54) is 0 Å². The van der Waals surface area contributed by atoms with Crippen LogP contribution >= 0.6 is 11.3 Å². The monoisotopic (exact) mass is 398 g/mol. The van der Waals surface area contributed by atoms with Crippen molar-refractivity contribution in [2.45, 2.75) is 39.2 Å². The molecule has 0 aliphatic carbocycles. The van der Waals surface area contributed by atoms with Gasteiger partial charge in [-0.3, -0.25) is 9.89 Å². The normalized spacial score (nSPS) is 14.8. The number of carbonyl (C=O) groups excluding carboxylic acids is 1. The molecular weight excluding hydrogens is 372 g/mol. The third kappa shape index (κ3) is 4.11. The fraction of sp³-hybridized carbons (Fsp3) is 0.450. The molecule has 1 aliphatic rings. The van der Waals surface area contributed by atoms with Gasteiger partial charge in [0.05, 0.1) is 26.5 Å². The highest BCUT2D eigenvalue weighted by Crippen LogP contribution is 2.37. The Kier molecular flexibility index (Phi) is 4.97. The molecule has 8 heteroatoms. The van der Waals surface area contributed by atoms with Crippen LogP contribution in [0.25, 0.3) is 20.8 Å². The summed E-state index contributed by atoms with van der Waals surface area (Å²) in [7, 11) is 0. The molecule has 0 spiro atoms. The van der Waals surface area contributed by atoms with Crippen LogP contribution in [0.3, 0.4) is 0 Å². The van der Waals surface area contributed by atoms with Crippen molar-refractivity contribution in [1.82, 2.24) is 20.1 Å². The molecule has 4 rings (SSSR count). The molecule has 1 saturated heterocycles. The first-order valence-electron chi connectivity index (χ1n) is 9.63. The minimum Gasteiger partial charge on any atom is -0.382 e. The maximum atomic E-state index is 11.8. The minimum atomic E-state index is -0.0812. The van der Waals surface area contributed by atoms with E-state index in [0.717, 1.165) is 58.3 Å². The molecule has 0 aromatic carbocycles. The predicted octanol–water partition coefficient (Wildman–Crippen LogP) is 3.93. The molecule has 3 N–H and O–H groups in total. The van der Waals surface area contributed by atoms with E-state index in [9.17, 15) is 4.79 Å². The summed E-state index contributed by atoms with van der Waals surface area (Å²) in [6, 6.07) is 6.12. The number of hydrogen-bond donors (Lipinski definition) is 3. The number of amides is 1. The number of H-pyrrole nitrogens is 1. The Hall–Kier alpha value is -2.61.